The van der Waals surface area contributed by atoms with Crippen LogP contribution in [0, 0.1) is 15.9 Å². The Hall–Kier alpha value is -3.82. The molecule has 1 aliphatic rings. The van der Waals surface area contributed by atoms with Crippen LogP contribution in [0.5, 0.6) is 5.75 Å². The maximum Gasteiger partial charge on any atom is 0.270 e. The average molecular weight is 412 g/mol. The number of halogens is 1. The first-order valence-corrected chi connectivity index (χ1v) is 9.24. The fourth-order valence-corrected chi connectivity index (χ4v) is 2.92. The summed E-state index contributed by atoms with van der Waals surface area (Å²) in [6.45, 7) is -0.149. The lowest BCUT2D eigenvalue weighted by molar-refractivity contribution is -0.384. The van der Waals surface area contributed by atoms with Crippen molar-refractivity contribution in [2.75, 3.05) is 6.61 Å². The Morgan fingerprint density at radius 3 is 2.77 bits per heavy atom. The Kier molecular flexibility index (Phi) is 5.38. The second-order valence-corrected chi connectivity index (χ2v) is 6.81. The molecule has 154 valence electrons. The minimum atomic E-state index is -0.507. The molecule has 0 unspecified atom stereocenters. The van der Waals surface area contributed by atoms with Crippen LogP contribution in [0.1, 0.15) is 18.7 Å². The van der Waals surface area contributed by atoms with Crippen molar-refractivity contribution in [2.24, 2.45) is 0 Å². The lowest BCUT2D eigenvalue weighted by Gasteiger charge is -2.20. The molecular formula is C20H17FN4O5. The number of carbonyl (C=O) groups is 1. The maximum absolute atomic E-state index is 13.2. The molecule has 2 aromatic carbocycles. The minimum absolute atomic E-state index is 0.0572. The van der Waals surface area contributed by atoms with Gasteiger partial charge >= 0.3 is 0 Å². The van der Waals surface area contributed by atoms with Crippen molar-refractivity contribution in [1.82, 2.24) is 15.1 Å². The molecule has 0 bridgehead atoms. The molecule has 1 saturated carbocycles. The molecule has 3 aromatic rings. The Labute approximate surface area is 170 Å². The molecule has 30 heavy (non-hydrogen) atoms. The lowest BCUT2D eigenvalue weighted by atomic mass is 10.2. The molecule has 0 saturated heterocycles. The fraction of sp³-hybridized carbons (Fsp3) is 0.250. The normalized spacial score (nSPS) is 13.1. The van der Waals surface area contributed by atoms with Crippen LogP contribution in [0.2, 0.25) is 0 Å². The molecule has 0 N–H and O–H groups in total. The average Bonchev–Trinajstić information content (AvgIpc) is 3.47. The van der Waals surface area contributed by atoms with Gasteiger partial charge in [0, 0.05) is 29.8 Å². The molecule has 1 heterocycles. The number of aromatic nitrogens is 2. The zero-order chi connectivity index (χ0) is 21.1. The zero-order valence-corrected chi connectivity index (χ0v) is 15.7. The molecular weight excluding hydrogens is 395 g/mol. The highest BCUT2D eigenvalue weighted by Gasteiger charge is 2.34. The van der Waals surface area contributed by atoms with Crippen LogP contribution in [0.3, 0.4) is 0 Å². The smallest absolute Gasteiger partial charge is 0.270 e. The largest absolute Gasteiger partial charge is 0.484 e. The van der Waals surface area contributed by atoms with Crippen molar-refractivity contribution in [2.45, 2.75) is 25.4 Å². The van der Waals surface area contributed by atoms with Gasteiger partial charge in [-0.15, -0.1) is 10.2 Å². The quantitative estimate of drug-likeness (QED) is 0.412. The number of nitrogens with zero attached hydrogens (tertiary/aromatic N) is 4. The number of nitro benzene ring substituents is 1. The molecule has 9 nitrogen and oxygen atoms in total. The number of carbonyl (C=O) groups excluding carboxylic acids is 1. The van der Waals surface area contributed by atoms with Gasteiger partial charge in [-0.1, -0.05) is 12.1 Å². The molecule has 4 rings (SSSR count). The summed E-state index contributed by atoms with van der Waals surface area (Å²) in [4.78, 5) is 24.6. The Morgan fingerprint density at radius 2 is 2.03 bits per heavy atom. The topological polar surface area (TPSA) is 112 Å². The van der Waals surface area contributed by atoms with Crippen molar-refractivity contribution in [3.63, 3.8) is 0 Å². The van der Waals surface area contributed by atoms with Gasteiger partial charge < -0.3 is 14.1 Å². The first-order valence-electron chi connectivity index (χ1n) is 9.24. The van der Waals surface area contributed by atoms with Gasteiger partial charge in [0.15, 0.2) is 6.61 Å². The van der Waals surface area contributed by atoms with E-state index in [-0.39, 0.29) is 48.3 Å². The third kappa shape index (κ3) is 4.59. The molecule has 1 amide bonds. The number of rotatable bonds is 8. The van der Waals surface area contributed by atoms with E-state index in [1.165, 1.54) is 36.4 Å². The highest BCUT2D eigenvalue weighted by atomic mass is 19.1. The Morgan fingerprint density at radius 1 is 1.23 bits per heavy atom. The number of ether oxygens (including phenoxy) is 1. The number of non-ortho nitro benzene ring substituents is 1. The summed E-state index contributed by atoms with van der Waals surface area (Å²) in [6.07, 6.45) is 1.72. The number of hydrogen-bond acceptors (Lipinski definition) is 7. The van der Waals surface area contributed by atoms with E-state index in [9.17, 15) is 19.3 Å². The molecule has 0 atom stereocenters. The molecule has 0 spiro atoms. The van der Waals surface area contributed by atoms with Crippen LogP contribution in [-0.4, -0.2) is 38.6 Å². The van der Waals surface area contributed by atoms with E-state index >= 15 is 0 Å². The van der Waals surface area contributed by atoms with Crippen LogP contribution >= 0.6 is 0 Å². The summed E-state index contributed by atoms with van der Waals surface area (Å²) in [5.74, 6) is -0.115. The van der Waals surface area contributed by atoms with Gasteiger partial charge in [-0.25, -0.2) is 4.39 Å². The molecule has 1 aromatic heterocycles. The summed E-state index contributed by atoms with van der Waals surface area (Å²) in [5.41, 5.74) is 0.332. The van der Waals surface area contributed by atoms with Crippen LogP contribution in [0.25, 0.3) is 11.5 Å². The monoisotopic (exact) mass is 412 g/mol. The summed E-state index contributed by atoms with van der Waals surface area (Å²) >= 11 is 0. The third-order valence-electron chi connectivity index (χ3n) is 4.54. The Bertz CT molecular complexity index is 1080. The predicted molar refractivity (Wildman–Crippen MR) is 102 cm³/mol. The van der Waals surface area contributed by atoms with Crippen molar-refractivity contribution in [1.29, 1.82) is 0 Å². The van der Waals surface area contributed by atoms with Crippen LogP contribution in [0.15, 0.2) is 52.9 Å². The van der Waals surface area contributed by atoms with E-state index in [1.807, 2.05) is 0 Å². The van der Waals surface area contributed by atoms with E-state index in [0.29, 0.717) is 5.56 Å². The molecule has 10 heteroatoms. The minimum Gasteiger partial charge on any atom is -0.484 e. The van der Waals surface area contributed by atoms with Gasteiger partial charge in [-0.05, 0) is 31.0 Å². The van der Waals surface area contributed by atoms with Gasteiger partial charge in [0.2, 0.25) is 11.8 Å². The highest BCUT2D eigenvalue weighted by Crippen LogP contribution is 2.29. The van der Waals surface area contributed by atoms with Crippen molar-refractivity contribution in [3.05, 3.63) is 70.4 Å². The van der Waals surface area contributed by atoms with Crippen molar-refractivity contribution < 1.29 is 23.3 Å². The van der Waals surface area contributed by atoms with E-state index in [1.54, 1.807) is 17.0 Å². The lowest BCUT2D eigenvalue weighted by Crippen LogP contribution is -2.36. The summed E-state index contributed by atoms with van der Waals surface area (Å²) in [6, 6.07) is 11.5. The van der Waals surface area contributed by atoms with E-state index in [2.05, 4.69) is 10.2 Å². The van der Waals surface area contributed by atoms with E-state index in [4.69, 9.17) is 9.15 Å². The van der Waals surface area contributed by atoms with Gasteiger partial charge in [0.25, 0.3) is 11.6 Å². The number of nitro groups is 1. The second kappa shape index (κ2) is 8.27. The first kappa shape index (κ1) is 19.5. The van der Waals surface area contributed by atoms with Crippen LogP contribution < -0.4 is 4.74 Å². The van der Waals surface area contributed by atoms with Gasteiger partial charge in [-0.2, -0.15) is 0 Å². The molecule has 0 radical (unpaired) electrons. The van der Waals surface area contributed by atoms with E-state index in [0.717, 1.165) is 12.8 Å². The molecule has 1 fully saturated rings. The highest BCUT2D eigenvalue weighted by molar-refractivity contribution is 5.78. The Balaban J connectivity index is 1.43. The zero-order valence-electron chi connectivity index (χ0n) is 15.7. The number of benzene rings is 2. The van der Waals surface area contributed by atoms with Crippen LogP contribution in [-0.2, 0) is 11.3 Å². The second-order valence-electron chi connectivity index (χ2n) is 6.81. The fourth-order valence-electron chi connectivity index (χ4n) is 2.92. The predicted octanol–water partition coefficient (Wildman–Crippen LogP) is 3.35. The molecule has 0 aliphatic heterocycles. The number of hydrogen-bond donors (Lipinski definition) is 0. The summed E-state index contributed by atoms with van der Waals surface area (Å²) < 4.78 is 24.3. The standard InChI is InChI=1S/C20H17FN4O5/c21-14-4-2-6-17(10-14)29-12-19(26)24(15-7-8-15)11-18-22-23-20(30-18)13-3-1-5-16(9-13)25(27)28/h1-6,9-10,15H,7-8,11-12H2. The first-order chi connectivity index (χ1) is 14.5. The summed E-state index contributed by atoms with van der Waals surface area (Å²) in [5, 5.41) is 18.8. The number of amides is 1. The molecule has 1 aliphatic carbocycles. The summed E-state index contributed by atoms with van der Waals surface area (Å²) in [7, 11) is 0. The van der Waals surface area contributed by atoms with Crippen LogP contribution in [0.4, 0.5) is 10.1 Å². The van der Waals surface area contributed by atoms with Gasteiger partial charge in [0.05, 0.1) is 11.5 Å². The third-order valence-corrected chi connectivity index (χ3v) is 4.54. The SMILES string of the molecule is O=C(COc1cccc(F)c1)N(Cc1nnc(-c2cccc([N+](=O)[O-])c2)o1)C1CC1. The maximum atomic E-state index is 13.2. The van der Waals surface area contributed by atoms with Crippen molar-refractivity contribution in [3.8, 4) is 17.2 Å². The van der Waals surface area contributed by atoms with E-state index < -0.39 is 10.7 Å². The van der Waals surface area contributed by atoms with Gasteiger partial charge in [0.1, 0.15) is 11.6 Å². The van der Waals surface area contributed by atoms with Gasteiger partial charge in [-0.3, -0.25) is 14.9 Å². The van der Waals surface area contributed by atoms with Crippen molar-refractivity contribution >= 4 is 11.6 Å².